The highest BCUT2D eigenvalue weighted by Gasteiger charge is 2.31. The molecule has 5 nitrogen and oxygen atoms in total. The zero-order chi connectivity index (χ0) is 20.9. The lowest BCUT2D eigenvalue weighted by Crippen LogP contribution is -2.42. The second kappa shape index (κ2) is 10.5. The van der Waals surface area contributed by atoms with Crippen molar-refractivity contribution in [3.05, 3.63) is 28.7 Å². The quantitative estimate of drug-likeness (QED) is 0.527. The number of hydrogen-bond acceptors (Lipinski definition) is 4. The summed E-state index contributed by atoms with van der Waals surface area (Å²) in [6.07, 6.45) is 3.74. The Morgan fingerprint density at radius 1 is 1.04 bits per heavy atom. The number of nitrogens with zero attached hydrogens (tertiary/aromatic N) is 2. The lowest BCUT2D eigenvalue weighted by Gasteiger charge is -2.35. The number of ether oxygens (including phenoxy) is 1. The lowest BCUT2D eigenvalue weighted by molar-refractivity contribution is -0.000794. The molecule has 0 unspecified atom stereocenters. The molecular weight excluding hydrogens is 440 g/mol. The minimum absolute atomic E-state index is 0.0383. The molecule has 0 amide bonds. The zero-order valence-corrected chi connectivity index (χ0v) is 20.2. The maximum Gasteiger partial charge on any atom is 0.243 e. The van der Waals surface area contributed by atoms with Crippen LogP contribution in [0.15, 0.2) is 33.6 Å². The predicted octanol–water partition coefficient (Wildman–Crippen LogP) is 4.52. The molecule has 1 aromatic carbocycles. The summed E-state index contributed by atoms with van der Waals surface area (Å²) in [5.74, 6) is 0. The summed E-state index contributed by atoms with van der Waals surface area (Å²) in [7, 11) is -1.75. The minimum atomic E-state index is -3.46. The summed E-state index contributed by atoms with van der Waals surface area (Å²) >= 11 is 3.35. The van der Waals surface area contributed by atoms with E-state index in [9.17, 15) is 8.42 Å². The van der Waals surface area contributed by atoms with E-state index < -0.39 is 10.0 Å². The van der Waals surface area contributed by atoms with Gasteiger partial charge in [-0.2, -0.15) is 4.31 Å². The maximum atomic E-state index is 12.9. The van der Waals surface area contributed by atoms with E-state index in [2.05, 4.69) is 48.5 Å². The first-order chi connectivity index (χ1) is 13.1. The maximum absolute atomic E-state index is 12.9. The van der Waals surface area contributed by atoms with Crippen molar-refractivity contribution in [1.29, 1.82) is 0 Å². The summed E-state index contributed by atoms with van der Waals surface area (Å²) in [6, 6.07) is 7.90. The van der Waals surface area contributed by atoms with E-state index in [-0.39, 0.29) is 12.1 Å². The van der Waals surface area contributed by atoms with Crippen LogP contribution in [0.1, 0.15) is 53.4 Å². The van der Waals surface area contributed by atoms with Crippen molar-refractivity contribution in [3.63, 3.8) is 0 Å². The Kier molecular flexibility index (Phi) is 8.95. The summed E-state index contributed by atoms with van der Waals surface area (Å²) in [5, 5.41) is 0. The van der Waals surface area contributed by atoms with Gasteiger partial charge in [0.15, 0.2) is 0 Å². The molecule has 0 bridgehead atoms. The molecule has 0 heterocycles. The minimum Gasteiger partial charge on any atom is -0.377 e. The second-order valence-electron chi connectivity index (χ2n) is 8.20. The first-order valence-corrected chi connectivity index (χ1v) is 12.5. The first kappa shape index (κ1) is 23.8. The molecule has 1 aromatic rings. The van der Waals surface area contributed by atoms with Crippen molar-refractivity contribution in [1.82, 2.24) is 9.21 Å². The van der Waals surface area contributed by atoms with E-state index in [0.29, 0.717) is 17.0 Å². The fourth-order valence-electron chi connectivity index (χ4n) is 3.98. The van der Waals surface area contributed by atoms with Crippen LogP contribution in [0.2, 0.25) is 0 Å². The van der Waals surface area contributed by atoms with Gasteiger partial charge in [-0.3, -0.25) is 4.90 Å². The van der Waals surface area contributed by atoms with E-state index >= 15 is 0 Å². The first-order valence-electron chi connectivity index (χ1n) is 10.2. The van der Waals surface area contributed by atoms with Crippen LogP contribution in [0.25, 0.3) is 0 Å². The van der Waals surface area contributed by atoms with E-state index in [0.717, 1.165) is 43.3 Å². The van der Waals surface area contributed by atoms with Crippen LogP contribution < -0.4 is 0 Å². The van der Waals surface area contributed by atoms with Gasteiger partial charge in [0.05, 0.1) is 17.6 Å². The standard InChI is InChI=1S/C21H35BrN2O3S/c1-16(2)24(17(3)4)14-15-27-20-10-8-19(9-11-20)23(5)28(25,26)21-12-6-18(22)7-13-21/h6-7,12-13,16-17,19-20H,8-11,14-15H2,1-5H3/t19-,20-. The molecule has 0 N–H and O–H groups in total. The summed E-state index contributed by atoms with van der Waals surface area (Å²) in [4.78, 5) is 2.78. The average Bonchev–Trinajstić information content (AvgIpc) is 2.65. The Balaban J connectivity index is 1.83. The molecule has 0 saturated heterocycles. The average molecular weight is 475 g/mol. The van der Waals surface area contributed by atoms with Crippen molar-refractivity contribution in [2.75, 3.05) is 20.2 Å². The van der Waals surface area contributed by atoms with E-state index in [1.54, 1.807) is 35.6 Å². The Morgan fingerprint density at radius 3 is 2.07 bits per heavy atom. The molecule has 0 atom stereocenters. The van der Waals surface area contributed by atoms with Crippen molar-refractivity contribution < 1.29 is 13.2 Å². The van der Waals surface area contributed by atoms with Gasteiger partial charge in [-0.15, -0.1) is 0 Å². The van der Waals surface area contributed by atoms with Crippen molar-refractivity contribution >= 4 is 26.0 Å². The SMILES string of the molecule is CC(C)N(CCO[C@H]1CC[C@H](N(C)S(=O)(=O)c2ccc(Br)cc2)CC1)C(C)C. The predicted molar refractivity (Wildman–Crippen MR) is 118 cm³/mol. The Bertz CT molecular complexity index is 691. The fourth-order valence-corrected chi connectivity index (χ4v) is 5.66. The molecule has 0 aliphatic heterocycles. The van der Waals surface area contributed by atoms with Crippen molar-refractivity contribution in [2.45, 2.75) is 82.5 Å². The van der Waals surface area contributed by atoms with Crippen LogP contribution in [0, 0.1) is 0 Å². The normalized spacial score (nSPS) is 21.2. The summed E-state index contributed by atoms with van der Waals surface area (Å²) in [6.45, 7) is 10.5. The number of benzene rings is 1. The highest BCUT2D eigenvalue weighted by Crippen LogP contribution is 2.28. The largest absolute Gasteiger partial charge is 0.377 e. The Hall–Kier alpha value is -0.470. The molecule has 0 aromatic heterocycles. The molecule has 0 radical (unpaired) electrons. The Morgan fingerprint density at radius 2 is 1.57 bits per heavy atom. The molecule has 1 aliphatic rings. The van der Waals surface area contributed by atoms with Gasteiger partial charge < -0.3 is 4.74 Å². The highest BCUT2D eigenvalue weighted by atomic mass is 79.9. The number of halogens is 1. The third-order valence-corrected chi connectivity index (χ3v) is 8.13. The van der Waals surface area contributed by atoms with Gasteiger partial charge in [0.2, 0.25) is 10.0 Å². The molecule has 7 heteroatoms. The molecule has 1 saturated carbocycles. The molecule has 160 valence electrons. The van der Waals surface area contributed by atoms with Crippen LogP contribution in [0.3, 0.4) is 0 Å². The van der Waals surface area contributed by atoms with Crippen molar-refractivity contribution in [3.8, 4) is 0 Å². The molecule has 0 spiro atoms. The number of sulfonamides is 1. The molecular formula is C21H35BrN2O3S. The Labute approximate surface area is 179 Å². The summed E-state index contributed by atoms with van der Waals surface area (Å²) in [5.41, 5.74) is 0. The number of hydrogen-bond donors (Lipinski definition) is 0. The van der Waals surface area contributed by atoms with Crippen LogP contribution in [0.5, 0.6) is 0 Å². The molecule has 28 heavy (non-hydrogen) atoms. The third kappa shape index (κ3) is 6.26. The van der Waals surface area contributed by atoms with Gasteiger partial charge in [-0.25, -0.2) is 8.42 Å². The lowest BCUT2D eigenvalue weighted by atomic mass is 9.93. The summed E-state index contributed by atoms with van der Waals surface area (Å²) < 4.78 is 34.3. The second-order valence-corrected chi connectivity index (χ2v) is 11.1. The van der Waals surface area contributed by atoms with E-state index in [1.807, 2.05) is 0 Å². The van der Waals surface area contributed by atoms with Gasteiger partial charge in [0.25, 0.3) is 0 Å². The topological polar surface area (TPSA) is 49.9 Å². The van der Waals surface area contributed by atoms with E-state index in [4.69, 9.17) is 4.74 Å². The highest BCUT2D eigenvalue weighted by molar-refractivity contribution is 9.10. The fraction of sp³-hybridized carbons (Fsp3) is 0.714. The van der Waals surface area contributed by atoms with Crippen LogP contribution in [-0.2, 0) is 14.8 Å². The van der Waals surface area contributed by atoms with E-state index in [1.165, 1.54) is 0 Å². The molecule has 1 aliphatic carbocycles. The van der Waals surface area contributed by atoms with Gasteiger partial charge in [-0.05, 0) is 77.6 Å². The van der Waals surface area contributed by atoms with Crippen molar-refractivity contribution in [2.24, 2.45) is 0 Å². The van der Waals surface area contributed by atoms with Gasteiger partial charge in [0, 0.05) is 36.2 Å². The third-order valence-electron chi connectivity index (χ3n) is 5.68. The van der Waals surface area contributed by atoms with Gasteiger partial charge in [-0.1, -0.05) is 15.9 Å². The smallest absolute Gasteiger partial charge is 0.243 e. The molecule has 2 rings (SSSR count). The molecule has 1 fully saturated rings. The van der Waals surface area contributed by atoms with Gasteiger partial charge >= 0.3 is 0 Å². The van der Waals surface area contributed by atoms with Gasteiger partial charge in [0.1, 0.15) is 0 Å². The van der Waals surface area contributed by atoms with Crippen LogP contribution >= 0.6 is 15.9 Å². The van der Waals surface area contributed by atoms with Crippen LogP contribution in [0.4, 0.5) is 0 Å². The zero-order valence-electron chi connectivity index (χ0n) is 17.8. The monoisotopic (exact) mass is 474 g/mol. The number of rotatable bonds is 9. The van der Waals surface area contributed by atoms with Crippen LogP contribution in [-0.4, -0.2) is 62.1 Å².